The molecule has 1 aromatic carbocycles. The van der Waals surface area contributed by atoms with Crippen LogP contribution in [0.1, 0.15) is 68.5 Å². The summed E-state index contributed by atoms with van der Waals surface area (Å²) >= 11 is 1.93. The first-order valence-electron chi connectivity index (χ1n) is 11.9. The Labute approximate surface area is 184 Å². The Morgan fingerprint density at radius 2 is 1.90 bits per heavy atom. The summed E-state index contributed by atoms with van der Waals surface area (Å²) in [6.07, 6.45) is 10.8. The number of hydrogen-bond donors (Lipinski definition) is 1. The van der Waals surface area contributed by atoms with Gasteiger partial charge in [-0.1, -0.05) is 44.2 Å². The van der Waals surface area contributed by atoms with Gasteiger partial charge in [0.15, 0.2) is 0 Å². The molecule has 0 spiro atoms. The van der Waals surface area contributed by atoms with Crippen LogP contribution in [0.5, 0.6) is 0 Å². The van der Waals surface area contributed by atoms with E-state index in [1.807, 2.05) is 11.3 Å². The first kappa shape index (κ1) is 19.3. The highest BCUT2D eigenvalue weighted by atomic mass is 32.1. The Morgan fingerprint density at radius 1 is 1.07 bits per heavy atom. The summed E-state index contributed by atoms with van der Waals surface area (Å²) in [5.74, 6) is 2.21. The largest absolute Gasteiger partial charge is 0.393 e. The number of fused-ring (bicyclic) bond motifs is 7. The van der Waals surface area contributed by atoms with Crippen LogP contribution in [0.25, 0.3) is 16.1 Å². The molecule has 0 amide bonds. The summed E-state index contributed by atoms with van der Waals surface area (Å²) < 4.78 is 0. The monoisotopic (exact) mass is 419 g/mol. The predicted molar refractivity (Wildman–Crippen MR) is 124 cm³/mol. The maximum absolute atomic E-state index is 10.7. The lowest BCUT2D eigenvalue weighted by Gasteiger charge is -2.56. The minimum Gasteiger partial charge on any atom is -0.393 e. The molecule has 6 rings (SSSR count). The lowest BCUT2D eigenvalue weighted by Crippen LogP contribution is -2.50. The van der Waals surface area contributed by atoms with Crippen LogP contribution in [0.4, 0.5) is 0 Å². The van der Waals surface area contributed by atoms with Crippen molar-refractivity contribution in [2.75, 3.05) is 0 Å². The van der Waals surface area contributed by atoms with Crippen LogP contribution < -0.4 is 0 Å². The SMILES string of the molecule is Cc1ccccc1-c1nc2c(s1)C1=CC[C@@H]3[C@H](CC[C@]4(C)C(O)CC[C@@H]34)[C@@]1(C)CC2. The summed E-state index contributed by atoms with van der Waals surface area (Å²) in [4.78, 5) is 6.60. The van der Waals surface area contributed by atoms with Gasteiger partial charge in [0.05, 0.1) is 16.7 Å². The lowest BCUT2D eigenvalue weighted by molar-refractivity contribution is -0.0579. The van der Waals surface area contributed by atoms with Gasteiger partial charge in [-0.25, -0.2) is 4.98 Å². The topological polar surface area (TPSA) is 33.1 Å². The Bertz CT molecular complexity index is 1040. The molecule has 2 fully saturated rings. The zero-order valence-corrected chi connectivity index (χ0v) is 19.3. The van der Waals surface area contributed by atoms with E-state index in [9.17, 15) is 5.11 Å². The molecule has 1 aromatic heterocycles. The van der Waals surface area contributed by atoms with Crippen LogP contribution in [0.3, 0.4) is 0 Å². The van der Waals surface area contributed by atoms with Gasteiger partial charge in [0.1, 0.15) is 5.01 Å². The van der Waals surface area contributed by atoms with Gasteiger partial charge in [0.2, 0.25) is 0 Å². The van der Waals surface area contributed by atoms with Gasteiger partial charge in [0.25, 0.3) is 0 Å². The third kappa shape index (κ3) is 2.48. The number of aliphatic hydroxyl groups is 1. The van der Waals surface area contributed by atoms with Crippen LogP contribution in [0.2, 0.25) is 0 Å². The molecule has 30 heavy (non-hydrogen) atoms. The van der Waals surface area contributed by atoms with Crippen molar-refractivity contribution >= 4 is 16.9 Å². The highest BCUT2D eigenvalue weighted by Gasteiger charge is 2.58. The number of rotatable bonds is 1. The van der Waals surface area contributed by atoms with E-state index in [0.717, 1.165) is 24.7 Å². The summed E-state index contributed by atoms with van der Waals surface area (Å²) in [6.45, 7) is 7.13. The van der Waals surface area contributed by atoms with Gasteiger partial charge in [-0.15, -0.1) is 11.3 Å². The first-order chi connectivity index (χ1) is 14.4. The van der Waals surface area contributed by atoms with E-state index in [2.05, 4.69) is 51.1 Å². The summed E-state index contributed by atoms with van der Waals surface area (Å²) in [6, 6.07) is 8.66. The summed E-state index contributed by atoms with van der Waals surface area (Å²) in [5.41, 5.74) is 5.98. The molecule has 2 nitrogen and oxygen atoms in total. The average Bonchev–Trinajstić information content (AvgIpc) is 3.29. The highest BCUT2D eigenvalue weighted by molar-refractivity contribution is 7.16. The molecule has 0 aliphatic heterocycles. The number of nitrogens with zero attached hydrogens (tertiary/aromatic N) is 1. The molecule has 6 atom stereocenters. The molecule has 0 bridgehead atoms. The molecular formula is C27H33NOS. The minimum atomic E-state index is -0.0854. The van der Waals surface area contributed by atoms with Crippen molar-refractivity contribution in [3.63, 3.8) is 0 Å². The van der Waals surface area contributed by atoms with Gasteiger partial charge in [0, 0.05) is 5.56 Å². The Morgan fingerprint density at radius 3 is 2.73 bits per heavy atom. The van der Waals surface area contributed by atoms with Gasteiger partial charge in [-0.2, -0.15) is 0 Å². The number of hydrogen-bond acceptors (Lipinski definition) is 3. The Balaban J connectivity index is 1.40. The van der Waals surface area contributed by atoms with E-state index in [1.165, 1.54) is 58.8 Å². The smallest absolute Gasteiger partial charge is 0.124 e. The maximum Gasteiger partial charge on any atom is 0.124 e. The van der Waals surface area contributed by atoms with E-state index in [1.54, 1.807) is 5.57 Å². The van der Waals surface area contributed by atoms with Gasteiger partial charge < -0.3 is 5.11 Å². The second-order valence-corrected chi connectivity index (χ2v) is 11.9. The number of aromatic nitrogens is 1. The van der Waals surface area contributed by atoms with Gasteiger partial charge in [-0.3, -0.25) is 0 Å². The number of allylic oxidation sites excluding steroid dienone is 2. The van der Waals surface area contributed by atoms with Crippen LogP contribution in [0, 0.1) is 35.5 Å². The van der Waals surface area contributed by atoms with E-state index >= 15 is 0 Å². The van der Waals surface area contributed by atoms with E-state index in [0.29, 0.717) is 5.92 Å². The molecule has 2 aromatic rings. The lowest BCUT2D eigenvalue weighted by atomic mass is 9.48. The molecular weight excluding hydrogens is 386 g/mol. The van der Waals surface area contributed by atoms with Crippen molar-refractivity contribution in [2.45, 2.75) is 71.8 Å². The maximum atomic E-state index is 10.7. The summed E-state index contributed by atoms with van der Waals surface area (Å²) in [7, 11) is 0. The normalized spacial score (nSPS) is 39.5. The van der Waals surface area contributed by atoms with Gasteiger partial charge in [-0.05, 0) is 91.6 Å². The molecule has 4 aliphatic carbocycles. The zero-order chi connectivity index (χ0) is 20.7. The quantitative estimate of drug-likeness (QED) is 0.560. The van der Waals surface area contributed by atoms with E-state index < -0.39 is 0 Å². The van der Waals surface area contributed by atoms with E-state index in [4.69, 9.17) is 4.98 Å². The van der Waals surface area contributed by atoms with Crippen LogP contribution in [0.15, 0.2) is 30.3 Å². The molecule has 158 valence electrons. The summed E-state index contributed by atoms with van der Waals surface area (Å²) in [5, 5.41) is 11.9. The van der Waals surface area contributed by atoms with Crippen molar-refractivity contribution < 1.29 is 5.11 Å². The molecule has 0 radical (unpaired) electrons. The molecule has 2 saturated carbocycles. The standard InChI is InChI=1S/C27H33NOS/c1-16-6-4-5-7-17(16)25-28-22-13-15-26(2)20-12-14-27(3)19(10-11-23(27)29)18(20)8-9-21(26)24(22)30-25/h4-7,9,18-20,23,29H,8,10-15H2,1-3H3/t18-,19-,20-,23?,26+,27-/m0/s1. The second kappa shape index (κ2) is 6.53. The molecule has 1 N–H and O–H groups in total. The van der Waals surface area contributed by atoms with Crippen molar-refractivity contribution in [3.05, 3.63) is 46.5 Å². The number of thiazole rings is 1. The second-order valence-electron chi connectivity index (χ2n) is 10.9. The molecule has 1 unspecified atom stereocenters. The van der Waals surface area contributed by atoms with Crippen molar-refractivity contribution in [3.8, 4) is 10.6 Å². The minimum absolute atomic E-state index is 0.0854. The fourth-order valence-corrected chi connectivity index (χ4v) is 9.16. The molecule has 3 heteroatoms. The molecule has 4 aliphatic rings. The first-order valence-corrected chi connectivity index (χ1v) is 12.7. The fourth-order valence-electron chi connectivity index (χ4n) is 7.78. The number of aryl methyl sites for hydroxylation is 2. The van der Waals surface area contributed by atoms with Crippen molar-refractivity contribution in [2.24, 2.45) is 28.6 Å². The molecule has 0 saturated heterocycles. The zero-order valence-electron chi connectivity index (χ0n) is 18.4. The van der Waals surface area contributed by atoms with Gasteiger partial charge >= 0.3 is 0 Å². The fraction of sp³-hybridized carbons (Fsp3) is 0.593. The highest BCUT2D eigenvalue weighted by Crippen LogP contribution is 2.66. The average molecular weight is 420 g/mol. The van der Waals surface area contributed by atoms with E-state index in [-0.39, 0.29) is 16.9 Å². The third-order valence-corrected chi connectivity index (χ3v) is 10.8. The number of aliphatic hydroxyl groups excluding tert-OH is 1. The molecule has 1 heterocycles. The van der Waals surface area contributed by atoms with Crippen LogP contribution >= 0.6 is 11.3 Å². The Kier molecular flexibility index (Phi) is 4.19. The third-order valence-electron chi connectivity index (χ3n) is 9.61. The predicted octanol–water partition coefficient (Wildman–Crippen LogP) is 6.66. The van der Waals surface area contributed by atoms with Crippen molar-refractivity contribution in [1.82, 2.24) is 4.98 Å². The van der Waals surface area contributed by atoms with Crippen LogP contribution in [-0.2, 0) is 6.42 Å². The number of benzene rings is 1. The van der Waals surface area contributed by atoms with Crippen LogP contribution in [-0.4, -0.2) is 16.2 Å². The Hall–Kier alpha value is -1.45. The van der Waals surface area contributed by atoms with Crippen molar-refractivity contribution in [1.29, 1.82) is 0 Å².